The summed E-state index contributed by atoms with van der Waals surface area (Å²) in [5.74, 6) is -1.20. The number of hydrogen-bond donors (Lipinski definition) is 3. The van der Waals surface area contributed by atoms with Gasteiger partial charge in [-0.2, -0.15) is 0 Å². The summed E-state index contributed by atoms with van der Waals surface area (Å²) >= 11 is 0. The van der Waals surface area contributed by atoms with Gasteiger partial charge >= 0.3 is 17.7 Å². The zero-order chi connectivity index (χ0) is 27.9. The van der Waals surface area contributed by atoms with Gasteiger partial charge in [-0.15, -0.1) is 0 Å². The molecule has 200 valence electrons. The molecule has 0 saturated heterocycles. The van der Waals surface area contributed by atoms with Crippen molar-refractivity contribution in [3.63, 3.8) is 0 Å². The lowest BCUT2D eigenvalue weighted by molar-refractivity contribution is -0.135. The zero-order valence-corrected chi connectivity index (χ0v) is 21.5. The second-order valence-electron chi connectivity index (χ2n) is 8.93. The molecule has 0 saturated carbocycles. The molecule has 1 aliphatic rings. The number of hydrogen-bond acceptors (Lipinski definition) is 6. The van der Waals surface area contributed by atoms with E-state index >= 15 is 0 Å². The van der Waals surface area contributed by atoms with E-state index in [-0.39, 0.29) is 24.1 Å². The summed E-state index contributed by atoms with van der Waals surface area (Å²) in [5, 5.41) is 14.3. The van der Waals surface area contributed by atoms with Crippen LogP contribution < -0.4 is 16.3 Å². The Balaban J connectivity index is 0.000000187. The largest absolute Gasteiger partial charge is 0.480 e. The molecule has 0 bridgehead atoms. The van der Waals surface area contributed by atoms with E-state index < -0.39 is 18.6 Å². The summed E-state index contributed by atoms with van der Waals surface area (Å²) < 4.78 is 10.3. The standard InChI is InChI=1S/C17H15NO4.C13H13NO3/c19-16(20)9-18-17(21)22-10-15-13-7-3-1-5-11(13)12-6-2-4-8-14(12)15;1-3-12(15)14-9-4-5-10-8(2)6-13(16)17-11(10)7-9/h1-8,15H,9-10H2,(H,18,21)(H,19,20);4-7H,3H2,1-2H3,(H,14,15). The van der Waals surface area contributed by atoms with Crippen molar-refractivity contribution >= 4 is 34.6 Å². The van der Waals surface area contributed by atoms with Gasteiger partial charge in [-0.25, -0.2) is 9.59 Å². The highest BCUT2D eigenvalue weighted by molar-refractivity contribution is 5.93. The van der Waals surface area contributed by atoms with Gasteiger partial charge in [0.2, 0.25) is 5.91 Å². The Hall–Kier alpha value is -4.92. The van der Waals surface area contributed by atoms with Crippen LogP contribution in [0.5, 0.6) is 0 Å². The molecule has 9 heteroatoms. The predicted octanol–water partition coefficient (Wildman–Crippen LogP) is 5.06. The van der Waals surface area contributed by atoms with Gasteiger partial charge in [-0.1, -0.05) is 55.5 Å². The lowest BCUT2D eigenvalue weighted by atomic mass is 9.98. The molecule has 0 unspecified atom stereocenters. The van der Waals surface area contributed by atoms with Crippen LogP contribution in [-0.2, 0) is 14.3 Å². The lowest BCUT2D eigenvalue weighted by Gasteiger charge is -2.14. The first kappa shape index (κ1) is 27.1. The molecule has 0 spiro atoms. The highest BCUT2D eigenvalue weighted by atomic mass is 16.5. The van der Waals surface area contributed by atoms with Gasteiger partial charge < -0.3 is 24.9 Å². The minimum absolute atomic E-state index is 0.0250. The van der Waals surface area contributed by atoms with Crippen molar-refractivity contribution in [2.45, 2.75) is 26.2 Å². The molecule has 1 aromatic heterocycles. The van der Waals surface area contributed by atoms with Gasteiger partial charge in [0, 0.05) is 35.5 Å². The number of alkyl carbamates (subject to hydrolysis) is 1. The van der Waals surface area contributed by atoms with Crippen molar-refractivity contribution in [2.75, 3.05) is 18.5 Å². The smallest absolute Gasteiger partial charge is 0.407 e. The van der Waals surface area contributed by atoms with Gasteiger partial charge in [-0.05, 0) is 46.9 Å². The summed E-state index contributed by atoms with van der Waals surface area (Å²) in [4.78, 5) is 44.4. The van der Waals surface area contributed by atoms with E-state index in [0.717, 1.165) is 33.2 Å². The molecule has 2 amide bonds. The molecule has 0 fully saturated rings. The van der Waals surface area contributed by atoms with E-state index in [4.69, 9.17) is 14.3 Å². The number of rotatable bonds is 6. The summed E-state index contributed by atoms with van der Waals surface area (Å²) in [6, 6.07) is 22.8. The molecule has 0 atom stereocenters. The van der Waals surface area contributed by atoms with Crippen molar-refractivity contribution in [2.24, 2.45) is 0 Å². The Kier molecular flexibility index (Phi) is 8.40. The van der Waals surface area contributed by atoms with Gasteiger partial charge in [0.25, 0.3) is 0 Å². The molecular weight excluding hydrogens is 500 g/mol. The number of carbonyl (C=O) groups excluding carboxylic acids is 2. The molecule has 4 aromatic rings. The third kappa shape index (κ3) is 6.51. The Bertz CT molecular complexity index is 1550. The summed E-state index contributed by atoms with van der Waals surface area (Å²) in [5.41, 5.74) is 6.15. The maximum Gasteiger partial charge on any atom is 0.407 e. The first-order chi connectivity index (χ1) is 18.8. The second kappa shape index (κ2) is 12.1. The number of anilines is 1. The predicted molar refractivity (Wildman–Crippen MR) is 147 cm³/mol. The van der Waals surface area contributed by atoms with Crippen molar-refractivity contribution in [3.8, 4) is 11.1 Å². The van der Waals surface area contributed by atoms with Crippen molar-refractivity contribution in [3.05, 3.63) is 99.9 Å². The molecule has 5 rings (SSSR count). The SMILES string of the molecule is CCC(=O)Nc1ccc2c(C)cc(=O)oc2c1.O=C(O)CNC(=O)OCC1c2ccccc2-c2ccccc21. The van der Waals surface area contributed by atoms with E-state index in [0.29, 0.717) is 17.7 Å². The van der Waals surface area contributed by atoms with Crippen LogP contribution in [0.1, 0.15) is 36.0 Å². The van der Waals surface area contributed by atoms with Crippen LogP contribution in [0.25, 0.3) is 22.1 Å². The number of benzene rings is 3. The number of carbonyl (C=O) groups is 3. The number of fused-ring (bicyclic) bond motifs is 4. The highest BCUT2D eigenvalue weighted by Gasteiger charge is 2.28. The number of aliphatic carboxylic acids is 1. The van der Waals surface area contributed by atoms with E-state index in [9.17, 15) is 19.2 Å². The molecule has 9 nitrogen and oxygen atoms in total. The van der Waals surface area contributed by atoms with Crippen LogP contribution in [-0.4, -0.2) is 36.2 Å². The zero-order valence-electron chi connectivity index (χ0n) is 21.5. The van der Waals surface area contributed by atoms with Crippen LogP contribution in [0.2, 0.25) is 0 Å². The third-order valence-corrected chi connectivity index (χ3v) is 6.28. The van der Waals surface area contributed by atoms with E-state index in [1.54, 1.807) is 19.1 Å². The first-order valence-electron chi connectivity index (χ1n) is 12.4. The van der Waals surface area contributed by atoms with E-state index in [1.165, 1.54) is 6.07 Å². The normalized spacial score (nSPS) is 11.5. The summed E-state index contributed by atoms with van der Waals surface area (Å²) in [6.07, 6.45) is -0.306. The van der Waals surface area contributed by atoms with E-state index in [1.807, 2.05) is 49.4 Å². The Morgan fingerprint density at radius 3 is 2.21 bits per heavy atom. The molecule has 1 aliphatic carbocycles. The van der Waals surface area contributed by atoms with E-state index in [2.05, 4.69) is 22.8 Å². The topological polar surface area (TPSA) is 135 Å². The Labute approximate surface area is 224 Å². The van der Waals surface area contributed by atoms with Crippen LogP contribution in [0, 0.1) is 6.92 Å². The average molecular weight is 529 g/mol. The van der Waals surface area contributed by atoms with Crippen molar-refractivity contribution < 1.29 is 28.6 Å². The van der Waals surface area contributed by atoms with Crippen molar-refractivity contribution in [1.82, 2.24) is 5.32 Å². The molecule has 3 aromatic carbocycles. The first-order valence-corrected chi connectivity index (χ1v) is 12.4. The minimum Gasteiger partial charge on any atom is -0.480 e. The molecule has 1 heterocycles. The van der Waals surface area contributed by atoms with Gasteiger partial charge in [-0.3, -0.25) is 9.59 Å². The molecule has 3 N–H and O–H groups in total. The maximum atomic E-state index is 11.5. The fraction of sp³-hybridized carbons (Fsp3) is 0.200. The number of nitrogens with one attached hydrogen (secondary N) is 2. The molecule has 0 radical (unpaired) electrons. The van der Waals surface area contributed by atoms with Crippen molar-refractivity contribution in [1.29, 1.82) is 0 Å². The quantitative estimate of drug-likeness (QED) is 0.298. The number of carboxylic acids is 1. The number of ether oxygens (including phenoxy) is 1. The third-order valence-electron chi connectivity index (χ3n) is 6.28. The fourth-order valence-electron chi connectivity index (χ4n) is 4.45. The Morgan fingerprint density at radius 2 is 1.59 bits per heavy atom. The van der Waals surface area contributed by atoms with Crippen LogP contribution in [0.3, 0.4) is 0 Å². The summed E-state index contributed by atoms with van der Waals surface area (Å²) in [7, 11) is 0. The van der Waals surface area contributed by atoms with Gasteiger partial charge in [0.1, 0.15) is 18.7 Å². The monoisotopic (exact) mass is 528 g/mol. The molecule has 0 aliphatic heterocycles. The maximum absolute atomic E-state index is 11.5. The lowest BCUT2D eigenvalue weighted by Crippen LogP contribution is -2.30. The second-order valence-corrected chi connectivity index (χ2v) is 8.93. The fourth-order valence-corrected chi connectivity index (χ4v) is 4.45. The van der Waals surface area contributed by atoms with Gasteiger partial charge in [0.05, 0.1) is 0 Å². The summed E-state index contributed by atoms with van der Waals surface area (Å²) in [6.45, 7) is 3.36. The van der Waals surface area contributed by atoms with Gasteiger partial charge in [0.15, 0.2) is 0 Å². The number of amides is 2. The average Bonchev–Trinajstić information content (AvgIpc) is 3.24. The molecule has 39 heavy (non-hydrogen) atoms. The van der Waals surface area contributed by atoms with Crippen LogP contribution in [0.15, 0.2) is 82.0 Å². The Morgan fingerprint density at radius 1 is 0.949 bits per heavy atom. The van der Waals surface area contributed by atoms with Crippen LogP contribution >= 0.6 is 0 Å². The number of carboxylic acid groups (broad SMARTS) is 1. The molecular formula is C30H28N2O7. The van der Waals surface area contributed by atoms with Crippen LogP contribution in [0.4, 0.5) is 10.5 Å². The highest BCUT2D eigenvalue weighted by Crippen LogP contribution is 2.44. The number of aryl methyl sites for hydroxylation is 1. The minimum atomic E-state index is -1.10.